The quantitative estimate of drug-likeness (QED) is 0.787. The second kappa shape index (κ2) is 4.63. The molecule has 0 bridgehead atoms. The van der Waals surface area contributed by atoms with Gasteiger partial charge in [-0.15, -0.1) is 0 Å². The summed E-state index contributed by atoms with van der Waals surface area (Å²) in [6.45, 7) is 2.04. The fourth-order valence-corrected chi connectivity index (χ4v) is 2.10. The zero-order chi connectivity index (χ0) is 12.6. The van der Waals surface area contributed by atoms with Gasteiger partial charge in [0.1, 0.15) is 0 Å². The molecule has 1 aromatic rings. The molecule has 0 spiro atoms. The Kier molecular flexibility index (Phi) is 3.35. The van der Waals surface area contributed by atoms with Crippen molar-refractivity contribution in [1.29, 1.82) is 0 Å². The number of carbonyl (C=O) groups excluding carboxylic acids is 2. The van der Waals surface area contributed by atoms with Crippen molar-refractivity contribution in [2.24, 2.45) is 0 Å². The normalized spacial score (nSPS) is 15.5. The highest BCUT2D eigenvalue weighted by molar-refractivity contribution is 9.10. The first kappa shape index (κ1) is 12.3. The van der Waals surface area contributed by atoms with E-state index in [1.807, 2.05) is 0 Å². The Morgan fingerprint density at radius 1 is 1.47 bits per heavy atom. The smallest absolute Gasteiger partial charge is 0.299 e. The van der Waals surface area contributed by atoms with Gasteiger partial charge in [-0.05, 0) is 25.1 Å². The third-order valence-electron chi connectivity index (χ3n) is 2.49. The van der Waals surface area contributed by atoms with E-state index in [1.54, 1.807) is 31.2 Å². The number of anilines is 1. The van der Waals surface area contributed by atoms with E-state index in [0.29, 0.717) is 22.8 Å². The fraction of sp³-hybridized carbons (Fsp3) is 0.167. The zero-order valence-corrected chi connectivity index (χ0v) is 11.4. The largest absolute Gasteiger partial charge is 0.301 e. The van der Waals surface area contributed by atoms with Crippen molar-refractivity contribution in [3.63, 3.8) is 0 Å². The van der Waals surface area contributed by atoms with Crippen LogP contribution in [0.3, 0.4) is 0 Å². The van der Waals surface area contributed by atoms with Gasteiger partial charge < -0.3 is 4.90 Å². The zero-order valence-electron chi connectivity index (χ0n) is 9.04. The van der Waals surface area contributed by atoms with Crippen molar-refractivity contribution in [2.45, 2.75) is 6.92 Å². The van der Waals surface area contributed by atoms with E-state index in [-0.39, 0.29) is 0 Å². The summed E-state index contributed by atoms with van der Waals surface area (Å²) in [5.74, 6) is -0.978. The van der Waals surface area contributed by atoms with E-state index in [4.69, 9.17) is 11.6 Å². The molecule has 1 aliphatic heterocycles. The van der Waals surface area contributed by atoms with E-state index in [1.165, 1.54) is 4.90 Å². The van der Waals surface area contributed by atoms with Crippen molar-refractivity contribution in [2.75, 3.05) is 11.4 Å². The van der Waals surface area contributed by atoms with Crippen molar-refractivity contribution in [3.05, 3.63) is 39.3 Å². The van der Waals surface area contributed by atoms with Crippen LogP contribution in [0.4, 0.5) is 5.69 Å². The fourth-order valence-electron chi connectivity index (χ4n) is 1.67. The van der Waals surface area contributed by atoms with Crippen LogP contribution in [0.15, 0.2) is 33.8 Å². The molecule has 88 valence electrons. The Labute approximate surface area is 112 Å². The molecule has 0 aromatic heterocycles. The van der Waals surface area contributed by atoms with Crippen molar-refractivity contribution < 1.29 is 9.59 Å². The molecule has 5 heteroatoms. The summed E-state index contributed by atoms with van der Waals surface area (Å²) >= 11 is 9.00. The van der Waals surface area contributed by atoms with Gasteiger partial charge in [-0.1, -0.05) is 33.6 Å². The highest BCUT2D eigenvalue weighted by Crippen LogP contribution is 2.31. The maximum atomic E-state index is 11.8. The van der Waals surface area contributed by atoms with Crippen LogP contribution in [0.1, 0.15) is 17.3 Å². The first-order valence-electron chi connectivity index (χ1n) is 4.98. The first-order chi connectivity index (χ1) is 8.00. The van der Waals surface area contributed by atoms with Gasteiger partial charge in [0, 0.05) is 16.0 Å². The van der Waals surface area contributed by atoms with Gasteiger partial charge in [0.15, 0.2) is 0 Å². The lowest BCUT2D eigenvalue weighted by atomic mass is 10.1. The molecule has 1 aliphatic rings. The van der Waals surface area contributed by atoms with Gasteiger partial charge >= 0.3 is 0 Å². The molecule has 1 aromatic carbocycles. The van der Waals surface area contributed by atoms with E-state index in [2.05, 4.69) is 15.9 Å². The summed E-state index contributed by atoms with van der Waals surface area (Å²) in [4.78, 5) is 24.9. The minimum absolute atomic E-state index is 0.314. The standard InChI is InChI=1S/C12H9BrClNO2/c1-7(14)4-5-15-10-3-2-8(13)6-9(10)11(16)12(15)17/h2-4,6H,5H2,1H3. The van der Waals surface area contributed by atoms with Gasteiger partial charge in [0.25, 0.3) is 11.7 Å². The monoisotopic (exact) mass is 313 g/mol. The average molecular weight is 315 g/mol. The number of carbonyl (C=O) groups is 2. The lowest BCUT2D eigenvalue weighted by molar-refractivity contribution is -0.114. The predicted molar refractivity (Wildman–Crippen MR) is 70.4 cm³/mol. The van der Waals surface area contributed by atoms with Gasteiger partial charge in [-0.2, -0.15) is 0 Å². The molecule has 0 saturated heterocycles. The maximum absolute atomic E-state index is 11.8. The third kappa shape index (κ3) is 2.28. The number of halogens is 2. The number of rotatable bonds is 2. The predicted octanol–water partition coefficient (Wildman–Crippen LogP) is 3.12. The number of benzene rings is 1. The van der Waals surface area contributed by atoms with Gasteiger partial charge in [-0.3, -0.25) is 9.59 Å². The number of fused-ring (bicyclic) bond motifs is 1. The Balaban J connectivity index is 2.41. The lowest BCUT2D eigenvalue weighted by Gasteiger charge is -2.13. The first-order valence-corrected chi connectivity index (χ1v) is 6.16. The summed E-state index contributed by atoms with van der Waals surface area (Å²) in [7, 11) is 0. The highest BCUT2D eigenvalue weighted by atomic mass is 79.9. The minimum atomic E-state index is -0.507. The van der Waals surface area contributed by atoms with Crippen molar-refractivity contribution in [1.82, 2.24) is 0 Å². The second-order valence-corrected chi connectivity index (χ2v) is 5.21. The van der Waals surface area contributed by atoms with E-state index in [0.717, 1.165) is 4.47 Å². The van der Waals surface area contributed by atoms with Crippen molar-refractivity contribution >= 4 is 44.9 Å². The molecular formula is C12H9BrClNO2. The maximum Gasteiger partial charge on any atom is 0.299 e. The SMILES string of the molecule is CC(Cl)=CCN1C(=O)C(=O)c2cc(Br)ccc21. The lowest BCUT2D eigenvalue weighted by Crippen LogP contribution is -2.29. The third-order valence-corrected chi connectivity index (χ3v) is 3.14. The number of amides is 1. The summed E-state index contributed by atoms with van der Waals surface area (Å²) in [6, 6.07) is 5.21. The van der Waals surface area contributed by atoms with Crippen LogP contribution in [0.25, 0.3) is 0 Å². The topological polar surface area (TPSA) is 37.4 Å². The van der Waals surface area contributed by atoms with E-state index >= 15 is 0 Å². The second-order valence-electron chi connectivity index (χ2n) is 3.70. The Morgan fingerprint density at radius 2 is 2.18 bits per heavy atom. The van der Waals surface area contributed by atoms with Crippen molar-refractivity contribution in [3.8, 4) is 0 Å². The number of hydrogen-bond acceptors (Lipinski definition) is 2. The van der Waals surface area contributed by atoms with Crippen LogP contribution in [-0.2, 0) is 4.79 Å². The molecule has 1 amide bonds. The molecule has 2 rings (SSSR count). The highest BCUT2D eigenvalue weighted by Gasteiger charge is 2.35. The molecule has 0 radical (unpaired) electrons. The number of Topliss-reactive ketones (excluding diaryl/α,β-unsaturated/α-hetero) is 1. The summed E-state index contributed by atoms with van der Waals surface area (Å²) in [5.41, 5.74) is 1.07. The summed E-state index contributed by atoms with van der Waals surface area (Å²) in [5, 5.41) is 0.593. The molecule has 0 fully saturated rings. The van der Waals surface area contributed by atoms with Gasteiger partial charge in [0.2, 0.25) is 0 Å². The van der Waals surface area contributed by atoms with E-state index in [9.17, 15) is 9.59 Å². The molecule has 0 saturated carbocycles. The van der Waals surface area contributed by atoms with Crippen LogP contribution in [0.5, 0.6) is 0 Å². The average Bonchev–Trinajstić information content (AvgIpc) is 2.50. The molecule has 0 atom stereocenters. The Morgan fingerprint density at radius 3 is 2.82 bits per heavy atom. The molecule has 3 nitrogen and oxygen atoms in total. The molecule has 0 unspecified atom stereocenters. The number of ketones is 1. The molecule has 17 heavy (non-hydrogen) atoms. The Hall–Kier alpha value is -1.13. The van der Waals surface area contributed by atoms with Gasteiger partial charge in [0.05, 0.1) is 11.3 Å². The summed E-state index contributed by atoms with van der Waals surface area (Å²) in [6.07, 6.45) is 1.70. The van der Waals surface area contributed by atoms with Crippen LogP contribution in [0.2, 0.25) is 0 Å². The summed E-state index contributed by atoms with van der Waals surface area (Å²) < 4.78 is 0.781. The molecule has 0 N–H and O–H groups in total. The molecule has 1 heterocycles. The molecular weight excluding hydrogens is 305 g/mol. The minimum Gasteiger partial charge on any atom is -0.301 e. The Bertz CT molecular complexity index is 535. The van der Waals surface area contributed by atoms with Crippen LogP contribution < -0.4 is 4.90 Å². The van der Waals surface area contributed by atoms with Gasteiger partial charge in [-0.25, -0.2) is 0 Å². The van der Waals surface area contributed by atoms with E-state index < -0.39 is 11.7 Å². The van der Waals surface area contributed by atoms with Crippen LogP contribution >= 0.6 is 27.5 Å². The van der Waals surface area contributed by atoms with Crippen LogP contribution in [-0.4, -0.2) is 18.2 Å². The molecule has 0 aliphatic carbocycles. The number of hydrogen-bond donors (Lipinski definition) is 0. The number of allylic oxidation sites excluding steroid dienone is 1. The number of nitrogens with zero attached hydrogens (tertiary/aromatic N) is 1. The van der Waals surface area contributed by atoms with Crippen LogP contribution in [0, 0.1) is 0 Å².